The first-order valence-electron chi connectivity index (χ1n) is 17.8. The average Bonchev–Trinajstić information content (AvgIpc) is 3.46. The lowest BCUT2D eigenvalue weighted by Gasteiger charge is -2.32. The number of carboxylic acids is 1. The van der Waals surface area contributed by atoms with E-state index in [1.807, 2.05) is 25.1 Å². The van der Waals surface area contributed by atoms with Gasteiger partial charge in [0.2, 0.25) is 0 Å². The van der Waals surface area contributed by atoms with Crippen molar-refractivity contribution in [3.8, 4) is 0 Å². The number of carbonyl (C=O) groups is 2. The number of benzene rings is 3. The summed E-state index contributed by atoms with van der Waals surface area (Å²) in [7, 11) is 0. The van der Waals surface area contributed by atoms with Crippen LogP contribution in [-0.2, 0) is 22.4 Å². The van der Waals surface area contributed by atoms with Crippen molar-refractivity contribution in [2.75, 3.05) is 16.5 Å². The van der Waals surface area contributed by atoms with E-state index in [-0.39, 0.29) is 17.2 Å². The van der Waals surface area contributed by atoms with Crippen LogP contribution >= 0.6 is 0 Å². The van der Waals surface area contributed by atoms with Gasteiger partial charge in [-0.3, -0.25) is 4.79 Å². The number of aryl methyl sites for hydroxylation is 2. The van der Waals surface area contributed by atoms with Crippen molar-refractivity contribution in [2.24, 2.45) is 5.10 Å². The zero-order valence-corrected chi connectivity index (χ0v) is 28.4. The van der Waals surface area contributed by atoms with Crippen molar-refractivity contribution in [1.29, 1.82) is 0 Å². The van der Waals surface area contributed by atoms with Crippen molar-refractivity contribution in [1.82, 2.24) is 0 Å². The number of carbonyl (C=O) groups excluding carboxylic acids is 1. The maximum atomic E-state index is 13.6. The van der Waals surface area contributed by atoms with Crippen LogP contribution < -0.4 is 9.91 Å². The molecule has 0 saturated heterocycles. The van der Waals surface area contributed by atoms with E-state index in [1.165, 1.54) is 66.0 Å². The Bertz CT molecular complexity index is 1770. The van der Waals surface area contributed by atoms with Crippen molar-refractivity contribution in [2.45, 2.75) is 90.9 Å². The number of hydrogen-bond donors (Lipinski definition) is 1. The molecule has 6 nitrogen and oxygen atoms in total. The summed E-state index contributed by atoms with van der Waals surface area (Å²) >= 11 is 0. The van der Waals surface area contributed by atoms with E-state index in [9.17, 15) is 14.7 Å². The highest BCUT2D eigenvalue weighted by molar-refractivity contribution is 6.53. The second kappa shape index (κ2) is 15.5. The third kappa shape index (κ3) is 7.38. The number of nitrogens with zero attached hydrogens (tertiary/aromatic N) is 3. The zero-order chi connectivity index (χ0) is 33.5. The van der Waals surface area contributed by atoms with Gasteiger partial charge in [0.15, 0.2) is 5.71 Å². The molecule has 1 N–H and O–H groups in total. The topological polar surface area (TPSA) is 73.2 Å². The highest BCUT2D eigenvalue weighted by Crippen LogP contribution is 2.38. The van der Waals surface area contributed by atoms with Gasteiger partial charge in [-0.15, -0.1) is 0 Å². The van der Waals surface area contributed by atoms with Gasteiger partial charge in [0, 0.05) is 17.9 Å². The number of unbranched alkanes of at least 4 members (excludes halogenated alkanes) is 5. The highest BCUT2D eigenvalue weighted by Gasteiger charge is 2.38. The molecular weight excluding hydrogens is 594 g/mol. The summed E-state index contributed by atoms with van der Waals surface area (Å²) in [6.45, 7) is 5.29. The van der Waals surface area contributed by atoms with Crippen molar-refractivity contribution < 1.29 is 14.7 Å². The fourth-order valence-corrected chi connectivity index (χ4v) is 7.25. The Kier molecular flexibility index (Phi) is 10.7. The molecule has 0 fully saturated rings. The largest absolute Gasteiger partial charge is 0.476 e. The summed E-state index contributed by atoms with van der Waals surface area (Å²) in [4.78, 5) is 28.2. The van der Waals surface area contributed by atoms with Crippen LogP contribution in [0.3, 0.4) is 0 Å². The van der Waals surface area contributed by atoms with E-state index in [1.54, 1.807) is 12.1 Å². The van der Waals surface area contributed by atoms with Crippen LogP contribution in [0.25, 0.3) is 6.08 Å². The third-order valence-corrected chi connectivity index (χ3v) is 9.92. The number of allylic oxidation sites excluding steroid dienone is 4. The molecule has 0 atom stereocenters. The van der Waals surface area contributed by atoms with Gasteiger partial charge in [-0.05, 0) is 122 Å². The van der Waals surface area contributed by atoms with Gasteiger partial charge in [-0.1, -0.05) is 87.6 Å². The molecule has 3 aliphatic rings. The van der Waals surface area contributed by atoms with Crippen molar-refractivity contribution >= 4 is 40.7 Å². The number of hydrogen-bond acceptors (Lipinski definition) is 4. The predicted octanol–water partition coefficient (Wildman–Crippen LogP) is 9.97. The van der Waals surface area contributed by atoms with E-state index < -0.39 is 5.97 Å². The molecule has 0 bridgehead atoms. The van der Waals surface area contributed by atoms with E-state index in [0.717, 1.165) is 60.9 Å². The molecule has 0 aromatic heterocycles. The summed E-state index contributed by atoms with van der Waals surface area (Å²) in [5.74, 6) is -1.57. The van der Waals surface area contributed by atoms with Crippen LogP contribution in [0.1, 0.15) is 94.7 Å². The molecule has 248 valence electrons. The lowest BCUT2D eigenvalue weighted by Crippen LogP contribution is -2.24. The van der Waals surface area contributed by atoms with Crippen LogP contribution in [0, 0.1) is 0 Å². The van der Waals surface area contributed by atoms with Gasteiger partial charge >= 0.3 is 5.97 Å². The number of rotatable bonds is 12. The van der Waals surface area contributed by atoms with Gasteiger partial charge in [-0.2, -0.15) is 10.1 Å². The van der Waals surface area contributed by atoms with E-state index in [2.05, 4.69) is 71.5 Å². The Morgan fingerprint density at radius 3 is 2.40 bits per heavy atom. The summed E-state index contributed by atoms with van der Waals surface area (Å²) in [6, 6.07) is 24.9. The molecule has 1 amide bonds. The van der Waals surface area contributed by atoms with Crippen molar-refractivity contribution in [3.05, 3.63) is 118 Å². The number of para-hydroxylation sites is 1. The second-order valence-electron chi connectivity index (χ2n) is 13.2. The molecule has 0 spiro atoms. The van der Waals surface area contributed by atoms with Gasteiger partial charge in [0.05, 0.1) is 11.3 Å². The van der Waals surface area contributed by atoms with Crippen LogP contribution in [-0.4, -0.2) is 29.2 Å². The lowest BCUT2D eigenvalue weighted by atomic mass is 9.83. The van der Waals surface area contributed by atoms with Crippen LogP contribution in [0.5, 0.6) is 0 Å². The Morgan fingerprint density at radius 1 is 0.854 bits per heavy atom. The lowest BCUT2D eigenvalue weighted by molar-refractivity contribution is -0.129. The smallest absolute Gasteiger partial charge is 0.357 e. The minimum Gasteiger partial charge on any atom is -0.476 e. The molecule has 6 heteroatoms. The Balaban J connectivity index is 1.18. The van der Waals surface area contributed by atoms with Crippen LogP contribution in [0.4, 0.5) is 17.1 Å². The first-order valence-corrected chi connectivity index (χ1v) is 17.8. The quantitative estimate of drug-likeness (QED) is 0.158. The molecule has 2 aliphatic heterocycles. The average molecular weight is 642 g/mol. The minimum atomic E-state index is -1.19. The molecule has 0 saturated carbocycles. The fourth-order valence-electron chi connectivity index (χ4n) is 7.25. The molecule has 2 heterocycles. The standard InChI is InChI=1S/C42H47N3O3/c1-3-4-5-6-7-9-14-31-21-25-35(26-22-31)44-28-13-16-34-29-32(23-27-38(34)44)20-24-33-15-12-19-37(30(33)2)39-40(42(47)48)43-45(41(39)46)36-17-10-8-11-18-36/h8,10-11,17-18,20-27,29H,3-7,9,12-16,19,28H2,1-2H3,(H,47,48)/b24-20+,39-37-. The van der Waals surface area contributed by atoms with Crippen molar-refractivity contribution in [3.63, 3.8) is 0 Å². The molecule has 3 aromatic carbocycles. The molecule has 0 radical (unpaired) electrons. The minimum absolute atomic E-state index is 0.185. The molecule has 48 heavy (non-hydrogen) atoms. The number of hydrazone groups is 1. The number of carboxylic acid groups (broad SMARTS) is 1. The Labute approximate surface area is 285 Å². The maximum absolute atomic E-state index is 13.6. The summed E-state index contributed by atoms with van der Waals surface area (Å²) < 4.78 is 0. The molecule has 0 unspecified atom stereocenters. The molecular formula is C42H47N3O3. The normalized spacial score (nSPS) is 18.1. The summed E-state index contributed by atoms with van der Waals surface area (Å²) in [5.41, 5.74) is 9.92. The van der Waals surface area contributed by atoms with E-state index >= 15 is 0 Å². The van der Waals surface area contributed by atoms with Gasteiger partial charge in [0.25, 0.3) is 5.91 Å². The zero-order valence-electron chi connectivity index (χ0n) is 28.4. The van der Waals surface area contributed by atoms with Crippen LogP contribution in [0.2, 0.25) is 0 Å². The highest BCUT2D eigenvalue weighted by atomic mass is 16.4. The fraction of sp³-hybridized carbons (Fsp3) is 0.357. The number of fused-ring (bicyclic) bond motifs is 1. The first kappa shape index (κ1) is 33.2. The third-order valence-electron chi connectivity index (χ3n) is 9.92. The second-order valence-corrected chi connectivity index (χ2v) is 13.2. The number of aliphatic carboxylic acids is 1. The maximum Gasteiger partial charge on any atom is 0.357 e. The van der Waals surface area contributed by atoms with E-state index in [4.69, 9.17) is 0 Å². The molecule has 1 aliphatic carbocycles. The van der Waals surface area contributed by atoms with Gasteiger partial charge < -0.3 is 10.0 Å². The monoisotopic (exact) mass is 641 g/mol. The SMILES string of the molecule is CCCCCCCCc1ccc(N2CCCc3cc(/C=C/C4=C(C)C(=C5\C(=O)N(c6ccccc6)N=C5C(=O)O)/CCC4)ccc32)cc1. The molecule has 6 rings (SSSR count). The summed E-state index contributed by atoms with van der Waals surface area (Å²) in [6.07, 6.45) is 17.9. The summed E-state index contributed by atoms with van der Waals surface area (Å²) in [5, 5.41) is 15.4. The Morgan fingerprint density at radius 2 is 1.62 bits per heavy atom. The van der Waals surface area contributed by atoms with E-state index in [0.29, 0.717) is 12.1 Å². The Hall–Kier alpha value is -4.71. The molecule has 3 aromatic rings. The first-order chi connectivity index (χ1) is 23.4. The van der Waals surface area contributed by atoms with Gasteiger partial charge in [-0.25, -0.2) is 4.79 Å². The van der Waals surface area contributed by atoms with Gasteiger partial charge in [0.1, 0.15) is 0 Å². The number of amides is 1. The van der Waals surface area contributed by atoms with Crippen LogP contribution in [0.15, 0.2) is 106 Å². The number of anilines is 3. The predicted molar refractivity (Wildman–Crippen MR) is 197 cm³/mol.